The number of fused-ring (bicyclic) bond motifs is 1. The summed E-state index contributed by atoms with van der Waals surface area (Å²) in [5.41, 5.74) is 2.25. The molecule has 1 aromatic heterocycles. The van der Waals surface area contributed by atoms with Gasteiger partial charge in [0, 0.05) is 11.4 Å². The van der Waals surface area contributed by atoms with Crippen LogP contribution in [0.4, 0.5) is 0 Å². The summed E-state index contributed by atoms with van der Waals surface area (Å²) in [5.74, 6) is 0.255. The Kier molecular flexibility index (Phi) is 4.86. The first kappa shape index (κ1) is 15.6. The molecule has 116 valence electrons. The molecule has 1 amide bonds. The predicted octanol–water partition coefficient (Wildman–Crippen LogP) is 3.59. The molecule has 0 spiro atoms. The number of hydrogen-bond donors (Lipinski definition) is 1. The van der Waals surface area contributed by atoms with Crippen molar-refractivity contribution in [2.75, 3.05) is 6.61 Å². The lowest BCUT2D eigenvalue weighted by atomic mass is 10.0. The van der Waals surface area contributed by atoms with Gasteiger partial charge in [0.1, 0.15) is 5.50 Å². The van der Waals surface area contributed by atoms with Crippen molar-refractivity contribution >= 4 is 40.4 Å². The standard InChI is InChI=1S/C15H14Cl2N2O2S/c16-10-3-1-9(2-4-10)7-12(17)19-14(20)11-5-6-21-15-13(11)22-8-18-15/h1-4,8,11-12H,5-7H2,(H,19,20). The van der Waals surface area contributed by atoms with Crippen molar-refractivity contribution in [3.05, 3.63) is 45.2 Å². The second-order valence-electron chi connectivity index (χ2n) is 5.02. The Balaban J connectivity index is 1.61. The lowest BCUT2D eigenvalue weighted by Gasteiger charge is -2.22. The minimum atomic E-state index is -0.465. The predicted molar refractivity (Wildman–Crippen MR) is 87.9 cm³/mol. The normalized spacial score (nSPS) is 18.2. The maximum absolute atomic E-state index is 12.4. The number of halogens is 2. The molecule has 22 heavy (non-hydrogen) atoms. The summed E-state index contributed by atoms with van der Waals surface area (Å²) in [4.78, 5) is 17.4. The van der Waals surface area contributed by atoms with Gasteiger partial charge in [-0.15, -0.1) is 11.3 Å². The Morgan fingerprint density at radius 2 is 2.23 bits per heavy atom. The monoisotopic (exact) mass is 356 g/mol. The van der Waals surface area contributed by atoms with E-state index in [1.807, 2.05) is 24.3 Å². The van der Waals surface area contributed by atoms with Gasteiger partial charge in [0.2, 0.25) is 11.8 Å². The van der Waals surface area contributed by atoms with E-state index >= 15 is 0 Å². The van der Waals surface area contributed by atoms with Crippen LogP contribution in [0.3, 0.4) is 0 Å². The zero-order chi connectivity index (χ0) is 15.5. The highest BCUT2D eigenvalue weighted by Crippen LogP contribution is 2.36. The minimum Gasteiger partial charge on any atom is -0.477 e. The van der Waals surface area contributed by atoms with Crippen LogP contribution in [0.5, 0.6) is 5.88 Å². The van der Waals surface area contributed by atoms with Crippen molar-refractivity contribution < 1.29 is 9.53 Å². The third-order valence-electron chi connectivity index (χ3n) is 3.47. The van der Waals surface area contributed by atoms with Crippen molar-refractivity contribution in [2.45, 2.75) is 24.3 Å². The lowest BCUT2D eigenvalue weighted by molar-refractivity contribution is -0.123. The largest absolute Gasteiger partial charge is 0.477 e. The number of aromatic nitrogens is 1. The van der Waals surface area contributed by atoms with E-state index < -0.39 is 5.50 Å². The van der Waals surface area contributed by atoms with Crippen molar-refractivity contribution in [3.8, 4) is 5.88 Å². The van der Waals surface area contributed by atoms with E-state index in [0.717, 1.165) is 10.4 Å². The Hall–Kier alpha value is -1.30. The van der Waals surface area contributed by atoms with Crippen molar-refractivity contribution in [1.29, 1.82) is 0 Å². The summed E-state index contributed by atoms with van der Waals surface area (Å²) < 4.78 is 5.43. The number of thiazole rings is 1. The van der Waals surface area contributed by atoms with Crippen LogP contribution in [0.25, 0.3) is 0 Å². The summed E-state index contributed by atoms with van der Waals surface area (Å²) in [7, 11) is 0. The lowest BCUT2D eigenvalue weighted by Crippen LogP contribution is -2.37. The maximum Gasteiger partial charge on any atom is 0.229 e. The molecule has 7 heteroatoms. The summed E-state index contributed by atoms with van der Waals surface area (Å²) in [6.07, 6.45) is 1.19. The summed E-state index contributed by atoms with van der Waals surface area (Å²) in [5, 5.41) is 3.54. The molecular weight excluding hydrogens is 343 g/mol. The SMILES string of the molecule is O=C(NC(Cl)Cc1ccc(Cl)cc1)C1CCOc2ncsc21. The van der Waals surface area contributed by atoms with E-state index in [-0.39, 0.29) is 11.8 Å². The second-order valence-corrected chi connectivity index (χ2v) is 6.87. The van der Waals surface area contributed by atoms with Crippen molar-refractivity contribution in [3.63, 3.8) is 0 Å². The molecule has 1 aliphatic rings. The third-order valence-corrected chi connectivity index (χ3v) is 4.91. The van der Waals surface area contributed by atoms with Crippen LogP contribution >= 0.6 is 34.5 Å². The number of alkyl halides is 1. The molecule has 0 bridgehead atoms. The Morgan fingerprint density at radius 3 is 3.00 bits per heavy atom. The highest BCUT2D eigenvalue weighted by atomic mass is 35.5. The molecule has 1 N–H and O–H groups in total. The highest BCUT2D eigenvalue weighted by molar-refractivity contribution is 7.10. The molecule has 0 aliphatic carbocycles. The molecule has 2 unspecified atom stereocenters. The first-order chi connectivity index (χ1) is 10.6. The molecule has 2 atom stereocenters. The number of carbonyl (C=O) groups is 1. The van der Waals surface area contributed by atoms with E-state index in [1.54, 1.807) is 5.51 Å². The average Bonchev–Trinajstić information content (AvgIpc) is 2.97. The number of nitrogens with one attached hydrogen (secondary N) is 1. The number of rotatable bonds is 4. The first-order valence-corrected chi connectivity index (χ1v) is 8.58. The Labute approximate surface area is 142 Å². The summed E-state index contributed by atoms with van der Waals surface area (Å²) in [6, 6.07) is 7.42. The maximum atomic E-state index is 12.4. The van der Waals surface area contributed by atoms with Crippen LogP contribution in [0.1, 0.15) is 22.8 Å². The summed E-state index contributed by atoms with van der Waals surface area (Å²) >= 11 is 13.6. The third kappa shape index (κ3) is 3.54. The van der Waals surface area contributed by atoms with E-state index in [9.17, 15) is 4.79 Å². The molecule has 0 radical (unpaired) electrons. The first-order valence-electron chi connectivity index (χ1n) is 6.88. The van der Waals surface area contributed by atoms with E-state index in [4.69, 9.17) is 27.9 Å². The fourth-order valence-electron chi connectivity index (χ4n) is 2.37. The van der Waals surface area contributed by atoms with Gasteiger partial charge >= 0.3 is 0 Å². The molecular formula is C15H14Cl2N2O2S. The van der Waals surface area contributed by atoms with E-state index in [0.29, 0.717) is 30.4 Å². The van der Waals surface area contributed by atoms with Gasteiger partial charge in [-0.3, -0.25) is 4.79 Å². The number of amides is 1. The molecule has 2 heterocycles. The number of benzene rings is 1. The van der Waals surface area contributed by atoms with Gasteiger partial charge in [-0.25, -0.2) is 4.98 Å². The number of ether oxygens (including phenoxy) is 1. The summed E-state index contributed by atoms with van der Waals surface area (Å²) in [6.45, 7) is 0.499. The molecule has 2 aromatic rings. The van der Waals surface area contributed by atoms with Crippen LogP contribution in [0.2, 0.25) is 5.02 Å². The van der Waals surface area contributed by atoms with Gasteiger partial charge < -0.3 is 10.1 Å². The molecule has 1 aliphatic heterocycles. The van der Waals surface area contributed by atoms with Gasteiger partial charge in [-0.05, 0) is 24.1 Å². The number of nitrogens with zero attached hydrogens (tertiary/aromatic N) is 1. The Morgan fingerprint density at radius 1 is 1.45 bits per heavy atom. The van der Waals surface area contributed by atoms with Crippen LogP contribution in [0, 0.1) is 0 Å². The fourth-order valence-corrected chi connectivity index (χ4v) is 3.65. The van der Waals surface area contributed by atoms with Crippen LogP contribution in [0.15, 0.2) is 29.8 Å². The van der Waals surface area contributed by atoms with Gasteiger partial charge in [-0.2, -0.15) is 0 Å². The van der Waals surface area contributed by atoms with Crippen LogP contribution in [-0.4, -0.2) is 23.0 Å². The van der Waals surface area contributed by atoms with Crippen molar-refractivity contribution in [1.82, 2.24) is 10.3 Å². The molecule has 1 aromatic carbocycles. The minimum absolute atomic E-state index is 0.0808. The van der Waals surface area contributed by atoms with Crippen LogP contribution < -0.4 is 10.1 Å². The van der Waals surface area contributed by atoms with E-state index in [2.05, 4.69) is 10.3 Å². The smallest absolute Gasteiger partial charge is 0.229 e. The average molecular weight is 357 g/mol. The van der Waals surface area contributed by atoms with Gasteiger partial charge in [-0.1, -0.05) is 35.3 Å². The van der Waals surface area contributed by atoms with Gasteiger partial charge in [0.25, 0.3) is 0 Å². The van der Waals surface area contributed by atoms with Gasteiger partial charge in [0.05, 0.1) is 22.9 Å². The van der Waals surface area contributed by atoms with Gasteiger partial charge in [0.15, 0.2) is 0 Å². The molecule has 3 rings (SSSR count). The highest BCUT2D eigenvalue weighted by Gasteiger charge is 2.30. The molecule has 0 saturated carbocycles. The fraction of sp³-hybridized carbons (Fsp3) is 0.333. The zero-order valence-electron chi connectivity index (χ0n) is 11.6. The second kappa shape index (κ2) is 6.86. The van der Waals surface area contributed by atoms with E-state index in [1.165, 1.54) is 11.3 Å². The Bertz CT molecular complexity index is 660. The molecule has 0 saturated heterocycles. The molecule has 0 fully saturated rings. The zero-order valence-corrected chi connectivity index (χ0v) is 13.9. The topological polar surface area (TPSA) is 51.2 Å². The van der Waals surface area contributed by atoms with Crippen LogP contribution in [-0.2, 0) is 11.2 Å². The number of hydrogen-bond acceptors (Lipinski definition) is 4. The molecule has 4 nitrogen and oxygen atoms in total. The number of carbonyl (C=O) groups excluding carboxylic acids is 1. The van der Waals surface area contributed by atoms with Crippen molar-refractivity contribution in [2.24, 2.45) is 0 Å². The quantitative estimate of drug-likeness (QED) is 0.672.